The van der Waals surface area contributed by atoms with Crippen molar-refractivity contribution < 1.29 is 33.0 Å². The molecule has 0 N–H and O–H groups in total. The molecule has 0 aliphatic heterocycles. The molecule has 0 saturated heterocycles. The van der Waals surface area contributed by atoms with Crippen LogP contribution in [0.15, 0.2) is 101 Å². The quantitative estimate of drug-likeness (QED) is 0.0768. The summed E-state index contributed by atoms with van der Waals surface area (Å²) in [6.45, 7) is 2.38. The van der Waals surface area contributed by atoms with E-state index in [1.165, 1.54) is 13.2 Å². The number of hydrogen-bond donors (Lipinski definition) is 0. The van der Waals surface area contributed by atoms with Crippen LogP contribution in [-0.4, -0.2) is 32.6 Å². The second kappa shape index (κ2) is 12.3. The standard InChI is InChI=1S/C34H28O7/c1-4-39-26-16-19-29-27(21-26)32(33(40-29)24-8-6-5-7-9-24)34(36)41-30-18-11-22(20-31(30)38-3)10-17-28(35)23-12-14-25(37-2)15-13-23/h5-21H,4H2,1-3H3/b17-10+. The van der Waals surface area contributed by atoms with Crippen LogP contribution >= 0.6 is 0 Å². The number of hydrogen-bond acceptors (Lipinski definition) is 7. The van der Waals surface area contributed by atoms with Crippen molar-refractivity contribution in [2.24, 2.45) is 0 Å². The highest BCUT2D eigenvalue weighted by Gasteiger charge is 2.25. The number of benzene rings is 4. The van der Waals surface area contributed by atoms with E-state index in [9.17, 15) is 9.59 Å². The van der Waals surface area contributed by atoms with Crippen LogP contribution in [0.4, 0.5) is 0 Å². The van der Waals surface area contributed by atoms with Gasteiger partial charge in [0.2, 0.25) is 0 Å². The highest BCUT2D eigenvalue weighted by atomic mass is 16.6. The van der Waals surface area contributed by atoms with Crippen LogP contribution in [0.5, 0.6) is 23.0 Å². The Labute approximate surface area is 237 Å². The first-order valence-corrected chi connectivity index (χ1v) is 13.0. The molecule has 0 radical (unpaired) electrons. The zero-order valence-corrected chi connectivity index (χ0v) is 22.9. The third-order valence-corrected chi connectivity index (χ3v) is 6.40. The Morgan fingerprint density at radius 2 is 1.56 bits per heavy atom. The Morgan fingerprint density at radius 1 is 0.805 bits per heavy atom. The Kier molecular flexibility index (Phi) is 8.15. The number of ether oxygens (including phenoxy) is 4. The summed E-state index contributed by atoms with van der Waals surface area (Å²) in [5.41, 5.74) is 2.79. The van der Waals surface area contributed by atoms with Gasteiger partial charge in [0.25, 0.3) is 0 Å². The molecular formula is C34H28O7. The lowest BCUT2D eigenvalue weighted by atomic mass is 10.1. The average molecular weight is 549 g/mol. The van der Waals surface area contributed by atoms with Crippen LogP contribution in [0, 0.1) is 0 Å². The lowest BCUT2D eigenvalue weighted by molar-refractivity contribution is 0.0731. The summed E-state index contributed by atoms with van der Waals surface area (Å²) in [5, 5.41) is 0.579. The van der Waals surface area contributed by atoms with Crippen LogP contribution in [-0.2, 0) is 0 Å². The summed E-state index contributed by atoms with van der Waals surface area (Å²) < 4.78 is 28.3. The Bertz CT molecular complexity index is 1710. The third kappa shape index (κ3) is 5.99. The SMILES string of the molecule is CCOc1ccc2oc(-c3ccccc3)c(C(=O)Oc3ccc(/C=C/C(=O)c4ccc(OC)cc4)cc3OC)c2c1. The molecule has 206 valence electrons. The first kappa shape index (κ1) is 27.3. The van der Waals surface area contributed by atoms with Crippen molar-refractivity contribution >= 4 is 28.8 Å². The lowest BCUT2D eigenvalue weighted by Gasteiger charge is -2.11. The number of methoxy groups -OCH3 is 2. The molecule has 5 aromatic rings. The van der Waals surface area contributed by atoms with Crippen molar-refractivity contribution in [1.29, 1.82) is 0 Å². The number of fused-ring (bicyclic) bond motifs is 1. The highest BCUT2D eigenvalue weighted by Crippen LogP contribution is 2.37. The third-order valence-electron chi connectivity index (χ3n) is 6.40. The molecule has 4 aromatic carbocycles. The summed E-state index contributed by atoms with van der Waals surface area (Å²) in [7, 11) is 3.06. The number of ketones is 1. The van der Waals surface area contributed by atoms with E-state index in [0.29, 0.717) is 51.7 Å². The molecule has 0 bridgehead atoms. The van der Waals surface area contributed by atoms with Gasteiger partial charge < -0.3 is 23.4 Å². The second-order valence-corrected chi connectivity index (χ2v) is 8.99. The Morgan fingerprint density at radius 3 is 2.27 bits per heavy atom. The predicted octanol–water partition coefficient (Wildman–Crippen LogP) is 7.63. The van der Waals surface area contributed by atoms with Gasteiger partial charge in [-0.05, 0) is 73.2 Å². The van der Waals surface area contributed by atoms with Crippen LogP contribution < -0.4 is 18.9 Å². The molecule has 0 unspecified atom stereocenters. The molecule has 0 saturated carbocycles. The van der Waals surface area contributed by atoms with Crippen molar-refractivity contribution in [3.63, 3.8) is 0 Å². The minimum Gasteiger partial charge on any atom is -0.497 e. The molecule has 1 aromatic heterocycles. The highest BCUT2D eigenvalue weighted by molar-refractivity contribution is 6.10. The number of rotatable bonds is 10. The van der Waals surface area contributed by atoms with E-state index >= 15 is 0 Å². The first-order valence-electron chi connectivity index (χ1n) is 13.0. The molecule has 0 aliphatic carbocycles. The van der Waals surface area contributed by atoms with Crippen LogP contribution in [0.2, 0.25) is 0 Å². The maximum Gasteiger partial charge on any atom is 0.348 e. The molecule has 7 nitrogen and oxygen atoms in total. The minimum atomic E-state index is -0.604. The summed E-state index contributed by atoms with van der Waals surface area (Å²) in [6.07, 6.45) is 3.15. The molecule has 5 rings (SSSR count). The maximum absolute atomic E-state index is 13.7. The van der Waals surface area contributed by atoms with Gasteiger partial charge in [0, 0.05) is 16.5 Å². The normalized spacial score (nSPS) is 11.0. The molecule has 0 fully saturated rings. The van der Waals surface area contributed by atoms with Crippen LogP contribution in [0.1, 0.15) is 33.2 Å². The largest absolute Gasteiger partial charge is 0.497 e. The number of furan rings is 1. The number of allylic oxidation sites excluding steroid dienone is 1. The maximum atomic E-state index is 13.7. The van der Waals surface area contributed by atoms with E-state index in [1.807, 2.05) is 37.3 Å². The zero-order chi connectivity index (χ0) is 28.8. The van der Waals surface area contributed by atoms with Gasteiger partial charge in [-0.2, -0.15) is 0 Å². The fraction of sp³-hybridized carbons (Fsp3) is 0.118. The predicted molar refractivity (Wildman–Crippen MR) is 157 cm³/mol. The van der Waals surface area contributed by atoms with Crippen molar-refractivity contribution in [3.05, 3.63) is 114 Å². The summed E-state index contributed by atoms with van der Waals surface area (Å²) in [6, 6.07) is 26.7. The van der Waals surface area contributed by atoms with E-state index in [4.69, 9.17) is 23.4 Å². The molecule has 0 aliphatic rings. The van der Waals surface area contributed by atoms with E-state index < -0.39 is 5.97 Å². The van der Waals surface area contributed by atoms with Gasteiger partial charge in [0.15, 0.2) is 17.3 Å². The lowest BCUT2D eigenvalue weighted by Crippen LogP contribution is -2.10. The summed E-state index contributed by atoms with van der Waals surface area (Å²) in [5.74, 6) is 1.49. The molecule has 1 heterocycles. The van der Waals surface area contributed by atoms with Gasteiger partial charge in [-0.25, -0.2) is 4.79 Å². The molecule has 0 amide bonds. The monoisotopic (exact) mass is 548 g/mol. The van der Waals surface area contributed by atoms with Crippen molar-refractivity contribution in [1.82, 2.24) is 0 Å². The smallest absolute Gasteiger partial charge is 0.348 e. The van der Waals surface area contributed by atoms with Crippen LogP contribution in [0.3, 0.4) is 0 Å². The topological polar surface area (TPSA) is 84.2 Å². The van der Waals surface area contributed by atoms with Gasteiger partial charge in [0.1, 0.15) is 28.4 Å². The molecule has 41 heavy (non-hydrogen) atoms. The molecule has 0 atom stereocenters. The van der Waals surface area contributed by atoms with Crippen molar-refractivity contribution in [2.75, 3.05) is 20.8 Å². The molecular weight excluding hydrogens is 520 g/mol. The molecule has 0 spiro atoms. The van der Waals surface area contributed by atoms with E-state index in [0.717, 1.165) is 5.56 Å². The number of carbonyl (C=O) groups is 2. The Balaban J connectivity index is 1.43. The number of carbonyl (C=O) groups excluding carboxylic acids is 2. The second-order valence-electron chi connectivity index (χ2n) is 8.99. The van der Waals surface area contributed by atoms with Crippen LogP contribution in [0.25, 0.3) is 28.4 Å². The molecule has 7 heteroatoms. The van der Waals surface area contributed by atoms with Gasteiger partial charge in [-0.1, -0.05) is 42.5 Å². The van der Waals surface area contributed by atoms with Gasteiger partial charge in [-0.3, -0.25) is 4.79 Å². The minimum absolute atomic E-state index is 0.158. The van der Waals surface area contributed by atoms with Gasteiger partial charge >= 0.3 is 5.97 Å². The summed E-state index contributed by atoms with van der Waals surface area (Å²) >= 11 is 0. The fourth-order valence-corrected chi connectivity index (χ4v) is 4.38. The van der Waals surface area contributed by atoms with E-state index in [-0.39, 0.29) is 17.1 Å². The average Bonchev–Trinajstić information content (AvgIpc) is 3.40. The van der Waals surface area contributed by atoms with E-state index in [1.54, 1.807) is 73.8 Å². The van der Waals surface area contributed by atoms with Crippen molar-refractivity contribution in [3.8, 4) is 34.3 Å². The first-order chi connectivity index (χ1) is 20.0. The fourth-order valence-electron chi connectivity index (χ4n) is 4.38. The zero-order valence-electron chi connectivity index (χ0n) is 22.9. The van der Waals surface area contributed by atoms with Gasteiger partial charge in [0.05, 0.1) is 20.8 Å². The number of esters is 1. The Hall–Kier alpha value is -5.30. The van der Waals surface area contributed by atoms with Gasteiger partial charge in [-0.15, -0.1) is 0 Å². The summed E-state index contributed by atoms with van der Waals surface area (Å²) in [4.78, 5) is 26.3. The van der Waals surface area contributed by atoms with Crippen molar-refractivity contribution in [2.45, 2.75) is 6.92 Å². The van der Waals surface area contributed by atoms with E-state index in [2.05, 4.69) is 0 Å².